The Morgan fingerprint density at radius 2 is 1.50 bits per heavy atom. The van der Waals surface area contributed by atoms with Gasteiger partial charge in [0.25, 0.3) is 0 Å². The molecule has 2 heteroatoms. The zero-order chi connectivity index (χ0) is 9.64. The van der Waals surface area contributed by atoms with Crippen molar-refractivity contribution in [2.75, 3.05) is 6.54 Å². The fourth-order valence-corrected chi connectivity index (χ4v) is 2.68. The van der Waals surface area contributed by atoms with E-state index in [-0.39, 0.29) is 0 Å². The summed E-state index contributed by atoms with van der Waals surface area (Å²) in [6.07, 6.45) is 12.9. The van der Waals surface area contributed by atoms with Crippen molar-refractivity contribution in [3.8, 4) is 0 Å². The second kappa shape index (κ2) is 5.72. The van der Waals surface area contributed by atoms with E-state index >= 15 is 0 Å². The van der Waals surface area contributed by atoms with E-state index in [1.807, 2.05) is 0 Å². The van der Waals surface area contributed by atoms with E-state index in [2.05, 4.69) is 5.48 Å². The third-order valence-corrected chi connectivity index (χ3v) is 3.65. The molecule has 2 rings (SSSR count). The van der Waals surface area contributed by atoms with Crippen molar-refractivity contribution in [1.29, 1.82) is 0 Å². The van der Waals surface area contributed by atoms with Crippen LogP contribution in [0.2, 0.25) is 0 Å². The zero-order valence-corrected chi connectivity index (χ0v) is 9.13. The van der Waals surface area contributed by atoms with Crippen LogP contribution in [-0.2, 0) is 4.84 Å². The van der Waals surface area contributed by atoms with Gasteiger partial charge in [-0.15, -0.1) is 0 Å². The first-order valence-electron chi connectivity index (χ1n) is 6.33. The predicted octanol–water partition coefficient (Wildman–Crippen LogP) is 3.03. The zero-order valence-electron chi connectivity index (χ0n) is 9.13. The van der Waals surface area contributed by atoms with Gasteiger partial charge in [0.15, 0.2) is 0 Å². The maximum atomic E-state index is 5.66. The molecule has 2 aliphatic carbocycles. The van der Waals surface area contributed by atoms with Gasteiger partial charge in [-0.25, -0.2) is 5.48 Å². The summed E-state index contributed by atoms with van der Waals surface area (Å²) in [4.78, 5) is 5.66. The lowest BCUT2D eigenvalue weighted by atomic mass is 9.89. The van der Waals surface area contributed by atoms with E-state index in [4.69, 9.17) is 4.84 Å². The molecule has 14 heavy (non-hydrogen) atoms. The van der Waals surface area contributed by atoms with Gasteiger partial charge in [-0.3, -0.25) is 4.84 Å². The molecule has 0 aromatic carbocycles. The largest absolute Gasteiger partial charge is 0.299 e. The summed E-state index contributed by atoms with van der Waals surface area (Å²) in [5.41, 5.74) is 3.20. The Balaban J connectivity index is 1.52. The Labute approximate surface area is 87.4 Å². The van der Waals surface area contributed by atoms with Gasteiger partial charge in [0.2, 0.25) is 0 Å². The van der Waals surface area contributed by atoms with Crippen LogP contribution < -0.4 is 5.48 Å². The normalized spacial score (nSPS) is 25.7. The van der Waals surface area contributed by atoms with Crippen molar-refractivity contribution in [2.24, 2.45) is 5.92 Å². The Bertz CT molecular complexity index is 148. The fraction of sp³-hybridized carbons (Fsp3) is 1.00. The average molecular weight is 197 g/mol. The Morgan fingerprint density at radius 1 is 0.857 bits per heavy atom. The minimum absolute atomic E-state index is 0.513. The molecule has 0 aromatic heterocycles. The predicted molar refractivity (Wildman–Crippen MR) is 57.9 cm³/mol. The first kappa shape index (κ1) is 10.4. The second-order valence-corrected chi connectivity index (χ2v) is 4.88. The van der Waals surface area contributed by atoms with Crippen molar-refractivity contribution in [1.82, 2.24) is 5.48 Å². The number of hydrogen-bond acceptors (Lipinski definition) is 2. The summed E-state index contributed by atoms with van der Waals surface area (Å²) in [6.45, 7) is 1.08. The molecule has 2 nitrogen and oxygen atoms in total. The molecule has 0 amide bonds. The van der Waals surface area contributed by atoms with Crippen molar-refractivity contribution < 1.29 is 4.84 Å². The van der Waals surface area contributed by atoms with Crippen molar-refractivity contribution >= 4 is 0 Å². The second-order valence-electron chi connectivity index (χ2n) is 4.88. The molecule has 0 atom stereocenters. The highest BCUT2D eigenvalue weighted by molar-refractivity contribution is 4.68. The van der Waals surface area contributed by atoms with Gasteiger partial charge in [0.05, 0.1) is 6.10 Å². The third-order valence-electron chi connectivity index (χ3n) is 3.65. The lowest BCUT2D eigenvalue weighted by Crippen LogP contribution is -2.28. The van der Waals surface area contributed by atoms with Crippen LogP contribution in [-0.4, -0.2) is 12.6 Å². The molecule has 0 aromatic rings. The van der Waals surface area contributed by atoms with Gasteiger partial charge in [-0.1, -0.05) is 32.1 Å². The first-order chi connectivity index (χ1) is 6.95. The highest BCUT2D eigenvalue weighted by Crippen LogP contribution is 2.23. The minimum Gasteiger partial charge on any atom is -0.299 e. The third kappa shape index (κ3) is 3.25. The van der Waals surface area contributed by atoms with Crippen LogP contribution in [0.15, 0.2) is 0 Å². The van der Waals surface area contributed by atoms with Crippen LogP contribution in [0.1, 0.15) is 57.8 Å². The van der Waals surface area contributed by atoms with E-state index in [9.17, 15) is 0 Å². The molecule has 0 saturated heterocycles. The van der Waals surface area contributed by atoms with Crippen molar-refractivity contribution in [2.45, 2.75) is 63.9 Å². The highest BCUT2D eigenvalue weighted by atomic mass is 16.7. The molecule has 1 N–H and O–H groups in total. The van der Waals surface area contributed by atoms with Crippen LogP contribution in [0.4, 0.5) is 0 Å². The molecule has 0 spiro atoms. The van der Waals surface area contributed by atoms with Gasteiger partial charge in [0.1, 0.15) is 0 Å². The molecule has 0 heterocycles. The van der Waals surface area contributed by atoms with E-state index in [1.165, 1.54) is 57.8 Å². The van der Waals surface area contributed by atoms with Crippen LogP contribution in [0.5, 0.6) is 0 Å². The Hall–Kier alpha value is -0.0800. The monoisotopic (exact) mass is 197 g/mol. The standard InChI is InChI=1S/C12H23NO/c1-2-6-11(7-3-1)10-13-14-12-8-4-5-9-12/h11-13H,1-10H2. The SMILES string of the molecule is C1CCC(CNOC2CCCC2)CC1. The lowest BCUT2D eigenvalue weighted by molar-refractivity contribution is -0.0286. The summed E-state index contributed by atoms with van der Waals surface area (Å²) in [5, 5.41) is 0. The summed E-state index contributed by atoms with van der Waals surface area (Å²) in [7, 11) is 0. The quantitative estimate of drug-likeness (QED) is 0.699. The van der Waals surface area contributed by atoms with Gasteiger partial charge >= 0.3 is 0 Å². The van der Waals surface area contributed by atoms with Crippen LogP contribution in [0.25, 0.3) is 0 Å². The minimum atomic E-state index is 0.513. The topological polar surface area (TPSA) is 21.3 Å². The van der Waals surface area contributed by atoms with Gasteiger partial charge < -0.3 is 0 Å². The van der Waals surface area contributed by atoms with E-state index in [0.717, 1.165) is 12.5 Å². The molecule has 0 bridgehead atoms. The molecule has 2 fully saturated rings. The average Bonchev–Trinajstić information content (AvgIpc) is 2.72. The Kier molecular flexibility index (Phi) is 4.26. The molecule has 0 unspecified atom stereocenters. The lowest BCUT2D eigenvalue weighted by Gasteiger charge is -2.22. The molecular weight excluding hydrogens is 174 g/mol. The molecule has 2 aliphatic rings. The summed E-state index contributed by atoms with van der Waals surface area (Å²) in [6, 6.07) is 0. The molecule has 0 aliphatic heterocycles. The Morgan fingerprint density at radius 3 is 2.21 bits per heavy atom. The fourth-order valence-electron chi connectivity index (χ4n) is 2.68. The van der Waals surface area contributed by atoms with Gasteiger partial charge in [-0.2, -0.15) is 0 Å². The number of rotatable bonds is 4. The summed E-state index contributed by atoms with van der Waals surface area (Å²) < 4.78 is 0. The maximum absolute atomic E-state index is 5.66. The van der Waals surface area contributed by atoms with Crippen LogP contribution in [0.3, 0.4) is 0 Å². The highest BCUT2D eigenvalue weighted by Gasteiger charge is 2.17. The maximum Gasteiger partial charge on any atom is 0.0790 e. The number of hydrogen-bond donors (Lipinski definition) is 1. The summed E-state index contributed by atoms with van der Waals surface area (Å²) >= 11 is 0. The van der Waals surface area contributed by atoms with Gasteiger partial charge in [0, 0.05) is 6.54 Å². The smallest absolute Gasteiger partial charge is 0.0790 e. The molecule has 82 valence electrons. The molecular formula is C12H23NO. The molecule has 2 saturated carbocycles. The van der Waals surface area contributed by atoms with Gasteiger partial charge in [-0.05, 0) is 31.6 Å². The first-order valence-corrected chi connectivity index (χ1v) is 6.33. The van der Waals surface area contributed by atoms with E-state index < -0.39 is 0 Å². The molecule has 0 radical (unpaired) electrons. The van der Waals surface area contributed by atoms with Crippen molar-refractivity contribution in [3.05, 3.63) is 0 Å². The number of nitrogens with one attached hydrogen (secondary N) is 1. The number of hydroxylamine groups is 1. The van der Waals surface area contributed by atoms with E-state index in [1.54, 1.807) is 0 Å². The summed E-state index contributed by atoms with van der Waals surface area (Å²) in [5.74, 6) is 0.880. The van der Waals surface area contributed by atoms with E-state index in [0.29, 0.717) is 6.10 Å². The van der Waals surface area contributed by atoms with Crippen molar-refractivity contribution in [3.63, 3.8) is 0 Å². The van der Waals surface area contributed by atoms with Crippen LogP contribution >= 0.6 is 0 Å². The van der Waals surface area contributed by atoms with Crippen LogP contribution in [0, 0.1) is 5.92 Å².